The Hall–Kier alpha value is -0.970. The fraction of sp³-hybridized carbons (Fsp3) is 0.556. The van der Waals surface area contributed by atoms with Crippen LogP contribution in [-0.2, 0) is 11.2 Å². The number of rotatable bonds is 7. The van der Waals surface area contributed by atoms with Crippen LogP contribution < -0.4 is 0 Å². The minimum Gasteiger partial charge on any atom is -0.385 e. The van der Waals surface area contributed by atoms with E-state index in [4.69, 9.17) is 4.74 Å². The fourth-order valence-corrected chi connectivity index (χ4v) is 3.98. The molecule has 3 nitrogen and oxygen atoms in total. The predicted octanol–water partition coefficient (Wildman–Crippen LogP) is 3.93. The number of aromatic amines is 1. The first-order chi connectivity index (χ1) is 10.8. The Morgan fingerprint density at radius 1 is 1.41 bits per heavy atom. The molecule has 2 aromatic rings. The van der Waals surface area contributed by atoms with Crippen molar-refractivity contribution in [1.82, 2.24) is 9.88 Å². The molecule has 1 N–H and O–H groups in total. The number of nitrogens with zero attached hydrogens (tertiary/aromatic N) is 1. The summed E-state index contributed by atoms with van der Waals surface area (Å²) in [6, 6.07) is 7.42. The summed E-state index contributed by atoms with van der Waals surface area (Å²) in [4.78, 5) is 7.43. The van der Waals surface area contributed by atoms with Gasteiger partial charge in [-0.1, -0.05) is 0 Å². The Balaban J connectivity index is 1.71. The van der Waals surface area contributed by atoms with Gasteiger partial charge >= 0.3 is 0 Å². The quantitative estimate of drug-likeness (QED) is 0.619. The molecule has 1 aliphatic heterocycles. The van der Waals surface area contributed by atoms with Crippen LogP contribution >= 0.6 is 11.8 Å². The van der Waals surface area contributed by atoms with Crippen LogP contribution in [0.5, 0.6) is 0 Å². The van der Waals surface area contributed by atoms with Crippen molar-refractivity contribution in [3.05, 3.63) is 30.0 Å². The number of likely N-dealkylation sites (tertiary alicyclic amines) is 1. The third-order valence-corrected chi connectivity index (χ3v) is 5.45. The molecule has 0 bridgehead atoms. The summed E-state index contributed by atoms with van der Waals surface area (Å²) in [5.41, 5.74) is 2.73. The van der Waals surface area contributed by atoms with Gasteiger partial charge in [-0.2, -0.15) is 0 Å². The lowest BCUT2D eigenvalue weighted by Crippen LogP contribution is -2.32. The molecule has 1 saturated heterocycles. The normalized spacial score (nSPS) is 19.3. The molecule has 2 heterocycles. The zero-order valence-electron chi connectivity index (χ0n) is 13.6. The number of hydrogen-bond donors (Lipinski definition) is 1. The van der Waals surface area contributed by atoms with Crippen LogP contribution in [-0.4, -0.2) is 49.0 Å². The van der Waals surface area contributed by atoms with E-state index in [1.54, 1.807) is 7.11 Å². The van der Waals surface area contributed by atoms with Crippen molar-refractivity contribution in [2.24, 2.45) is 0 Å². The molecule has 0 amide bonds. The third-order valence-electron chi connectivity index (χ3n) is 4.72. The van der Waals surface area contributed by atoms with E-state index in [-0.39, 0.29) is 0 Å². The Labute approximate surface area is 137 Å². The molecule has 1 aromatic carbocycles. The standard InChI is InChI=1S/C18H26N2OS/c1-21-10-4-9-20-8-3-5-15(20)11-14-13-19-18-7-6-16(22-2)12-17(14)18/h6-7,12-13,15,19H,3-5,8-11H2,1-2H3. The van der Waals surface area contributed by atoms with Crippen molar-refractivity contribution in [3.63, 3.8) is 0 Å². The molecule has 120 valence electrons. The van der Waals surface area contributed by atoms with Crippen LogP contribution in [0.3, 0.4) is 0 Å². The van der Waals surface area contributed by atoms with Gasteiger partial charge in [0.25, 0.3) is 0 Å². The van der Waals surface area contributed by atoms with Gasteiger partial charge in [0.2, 0.25) is 0 Å². The van der Waals surface area contributed by atoms with Crippen LogP contribution in [0.4, 0.5) is 0 Å². The zero-order valence-corrected chi connectivity index (χ0v) is 14.4. The van der Waals surface area contributed by atoms with E-state index in [1.807, 2.05) is 11.8 Å². The molecule has 0 aliphatic carbocycles. The second-order valence-corrected chi connectivity index (χ2v) is 6.99. The van der Waals surface area contributed by atoms with Crippen LogP contribution in [0, 0.1) is 0 Å². The molecule has 1 unspecified atom stereocenters. The molecule has 4 heteroatoms. The van der Waals surface area contributed by atoms with E-state index in [0.717, 1.165) is 26.0 Å². The molecule has 1 aromatic heterocycles. The molecule has 1 fully saturated rings. The minimum absolute atomic E-state index is 0.689. The average molecular weight is 318 g/mol. The number of thioether (sulfide) groups is 1. The minimum atomic E-state index is 0.689. The molecule has 3 rings (SSSR count). The second kappa shape index (κ2) is 7.53. The lowest BCUT2D eigenvalue weighted by molar-refractivity contribution is 0.167. The van der Waals surface area contributed by atoms with Crippen LogP contribution in [0.2, 0.25) is 0 Å². The first-order valence-corrected chi connectivity index (χ1v) is 9.41. The van der Waals surface area contributed by atoms with Crippen molar-refractivity contribution in [3.8, 4) is 0 Å². The number of fused-ring (bicyclic) bond motifs is 1. The highest BCUT2D eigenvalue weighted by Gasteiger charge is 2.24. The highest BCUT2D eigenvalue weighted by Crippen LogP contribution is 2.28. The molecule has 1 aliphatic rings. The number of hydrogen-bond acceptors (Lipinski definition) is 3. The number of methoxy groups -OCH3 is 1. The van der Waals surface area contributed by atoms with Crippen LogP contribution in [0.25, 0.3) is 10.9 Å². The smallest absolute Gasteiger partial charge is 0.0474 e. The van der Waals surface area contributed by atoms with Crippen molar-refractivity contribution < 1.29 is 4.74 Å². The topological polar surface area (TPSA) is 28.3 Å². The van der Waals surface area contributed by atoms with Gasteiger partial charge in [-0.15, -0.1) is 11.8 Å². The summed E-state index contributed by atoms with van der Waals surface area (Å²) in [6.07, 6.45) is 9.29. The number of benzene rings is 1. The third kappa shape index (κ3) is 3.50. The van der Waals surface area contributed by atoms with Crippen molar-refractivity contribution in [2.75, 3.05) is 33.1 Å². The molecular formula is C18H26N2OS. The SMILES string of the molecule is COCCCN1CCCC1Cc1c[nH]c2ccc(SC)cc12. The number of ether oxygens (including phenoxy) is 1. The monoisotopic (exact) mass is 318 g/mol. The zero-order chi connectivity index (χ0) is 15.4. The molecular weight excluding hydrogens is 292 g/mol. The van der Waals surface area contributed by atoms with Crippen molar-refractivity contribution in [1.29, 1.82) is 0 Å². The maximum atomic E-state index is 5.19. The number of H-pyrrole nitrogens is 1. The summed E-state index contributed by atoms with van der Waals surface area (Å²) in [5.74, 6) is 0. The van der Waals surface area contributed by atoms with Gasteiger partial charge < -0.3 is 9.72 Å². The van der Waals surface area contributed by atoms with E-state index in [1.165, 1.54) is 40.7 Å². The molecule has 1 atom stereocenters. The summed E-state index contributed by atoms with van der Waals surface area (Å²) in [7, 11) is 1.79. The Morgan fingerprint density at radius 2 is 2.32 bits per heavy atom. The molecule has 22 heavy (non-hydrogen) atoms. The molecule has 0 saturated carbocycles. The van der Waals surface area contributed by atoms with Crippen LogP contribution in [0.15, 0.2) is 29.3 Å². The van der Waals surface area contributed by atoms with Gasteiger partial charge in [0.1, 0.15) is 0 Å². The first-order valence-electron chi connectivity index (χ1n) is 8.19. The van der Waals surface area contributed by atoms with E-state index in [2.05, 4.69) is 40.5 Å². The molecule has 0 radical (unpaired) electrons. The van der Waals surface area contributed by atoms with Gasteiger partial charge in [-0.25, -0.2) is 0 Å². The van der Waals surface area contributed by atoms with Gasteiger partial charge in [-0.05, 0) is 62.2 Å². The van der Waals surface area contributed by atoms with Gasteiger partial charge in [0.15, 0.2) is 0 Å². The van der Waals surface area contributed by atoms with E-state index < -0.39 is 0 Å². The lowest BCUT2D eigenvalue weighted by Gasteiger charge is -2.24. The summed E-state index contributed by atoms with van der Waals surface area (Å²) >= 11 is 1.81. The lowest BCUT2D eigenvalue weighted by atomic mass is 10.0. The highest BCUT2D eigenvalue weighted by atomic mass is 32.2. The van der Waals surface area contributed by atoms with Crippen molar-refractivity contribution >= 4 is 22.7 Å². The maximum Gasteiger partial charge on any atom is 0.0474 e. The largest absolute Gasteiger partial charge is 0.385 e. The van der Waals surface area contributed by atoms with E-state index in [0.29, 0.717) is 6.04 Å². The Kier molecular flexibility index (Phi) is 5.45. The van der Waals surface area contributed by atoms with Gasteiger partial charge in [0, 0.05) is 48.3 Å². The Bertz CT molecular complexity index is 610. The molecule has 0 spiro atoms. The number of aromatic nitrogens is 1. The maximum absolute atomic E-state index is 5.19. The Morgan fingerprint density at radius 3 is 3.14 bits per heavy atom. The van der Waals surface area contributed by atoms with E-state index >= 15 is 0 Å². The summed E-state index contributed by atoms with van der Waals surface area (Å²) < 4.78 is 5.19. The van der Waals surface area contributed by atoms with Gasteiger partial charge in [-0.3, -0.25) is 4.90 Å². The van der Waals surface area contributed by atoms with Crippen LogP contribution in [0.1, 0.15) is 24.8 Å². The van der Waals surface area contributed by atoms with E-state index in [9.17, 15) is 0 Å². The first kappa shape index (κ1) is 15.9. The fourth-order valence-electron chi connectivity index (χ4n) is 3.54. The second-order valence-electron chi connectivity index (χ2n) is 6.11. The van der Waals surface area contributed by atoms with Gasteiger partial charge in [0.05, 0.1) is 0 Å². The predicted molar refractivity (Wildman–Crippen MR) is 94.9 cm³/mol. The highest BCUT2D eigenvalue weighted by molar-refractivity contribution is 7.98. The van der Waals surface area contributed by atoms with Crippen molar-refractivity contribution in [2.45, 2.75) is 36.6 Å². The number of nitrogens with one attached hydrogen (secondary N) is 1. The summed E-state index contributed by atoms with van der Waals surface area (Å²) in [5, 5.41) is 1.40. The average Bonchev–Trinajstić information content (AvgIpc) is 3.15. The summed E-state index contributed by atoms with van der Waals surface area (Å²) in [6.45, 7) is 3.27.